The Morgan fingerprint density at radius 1 is 1.09 bits per heavy atom. The van der Waals surface area contributed by atoms with Gasteiger partial charge in [0.05, 0.1) is 5.75 Å². The molecule has 0 unspecified atom stereocenters. The van der Waals surface area contributed by atoms with Crippen LogP contribution in [0.15, 0.2) is 47.4 Å². The van der Waals surface area contributed by atoms with Crippen LogP contribution in [0.1, 0.15) is 24.1 Å². The topological polar surface area (TPSA) is 66.5 Å². The number of benzene rings is 1. The molecule has 1 aromatic carbocycles. The van der Waals surface area contributed by atoms with Crippen LogP contribution in [0.4, 0.5) is 11.6 Å². The van der Waals surface area contributed by atoms with Gasteiger partial charge in [0.25, 0.3) is 0 Å². The van der Waals surface area contributed by atoms with Crippen molar-refractivity contribution in [1.82, 2.24) is 20.2 Å². The van der Waals surface area contributed by atoms with Crippen LogP contribution >= 0.6 is 11.8 Å². The molecule has 0 bridgehead atoms. The number of rotatable bonds is 6. The average Bonchev–Trinajstić information content (AvgIpc) is 2.98. The van der Waals surface area contributed by atoms with E-state index in [1.165, 1.54) is 4.90 Å². The minimum Gasteiger partial charge on any atom is -0.323 e. The Labute approximate surface area is 140 Å². The van der Waals surface area contributed by atoms with Crippen LogP contribution in [0.2, 0.25) is 0 Å². The lowest BCUT2D eigenvalue weighted by atomic mass is 10.3. The van der Waals surface area contributed by atoms with E-state index in [0.717, 1.165) is 41.0 Å². The maximum atomic E-state index is 4.61. The van der Waals surface area contributed by atoms with Crippen molar-refractivity contribution in [2.45, 2.75) is 30.9 Å². The molecular weight excluding hydrogens is 306 g/mol. The Kier molecular flexibility index (Phi) is 4.92. The van der Waals surface area contributed by atoms with Gasteiger partial charge in [0.15, 0.2) is 5.82 Å². The van der Waals surface area contributed by atoms with E-state index in [4.69, 9.17) is 0 Å². The first-order valence-corrected chi connectivity index (χ1v) is 8.55. The van der Waals surface area contributed by atoms with Gasteiger partial charge in [-0.25, -0.2) is 9.97 Å². The summed E-state index contributed by atoms with van der Waals surface area (Å²) in [5.74, 6) is 3.12. The third-order valence-electron chi connectivity index (χ3n) is 3.26. The van der Waals surface area contributed by atoms with Crippen LogP contribution in [0.3, 0.4) is 0 Å². The largest absolute Gasteiger partial charge is 0.323 e. The van der Waals surface area contributed by atoms with Crippen LogP contribution in [0.5, 0.6) is 0 Å². The maximum absolute atomic E-state index is 4.61. The van der Waals surface area contributed by atoms with Crippen molar-refractivity contribution in [3.8, 4) is 0 Å². The number of anilines is 2. The monoisotopic (exact) mass is 325 g/mol. The number of aryl methyl sites for hydroxylation is 2. The molecule has 0 radical (unpaired) electrons. The highest BCUT2D eigenvalue weighted by molar-refractivity contribution is 7.98. The molecule has 3 aromatic rings. The molecule has 0 fully saturated rings. The molecule has 5 nitrogen and oxygen atoms in total. The van der Waals surface area contributed by atoms with E-state index in [1.54, 1.807) is 11.8 Å². The maximum Gasteiger partial charge on any atom is 0.153 e. The summed E-state index contributed by atoms with van der Waals surface area (Å²) in [6, 6.07) is 14.2. The van der Waals surface area contributed by atoms with Gasteiger partial charge in [-0.05, 0) is 25.5 Å². The molecule has 0 aliphatic heterocycles. The molecule has 23 heavy (non-hydrogen) atoms. The predicted molar refractivity (Wildman–Crippen MR) is 94.0 cm³/mol. The molecule has 118 valence electrons. The molecule has 0 aliphatic rings. The van der Waals surface area contributed by atoms with E-state index in [2.05, 4.69) is 44.5 Å². The second-order valence-corrected chi connectivity index (χ2v) is 6.23. The zero-order valence-electron chi connectivity index (χ0n) is 13.2. The Morgan fingerprint density at radius 3 is 2.61 bits per heavy atom. The quantitative estimate of drug-likeness (QED) is 0.668. The van der Waals surface area contributed by atoms with Crippen molar-refractivity contribution >= 4 is 23.4 Å². The minimum absolute atomic E-state index is 0.742. The number of hydrogen-bond donors (Lipinski definition) is 2. The molecule has 0 saturated heterocycles. The molecule has 0 saturated carbocycles. The lowest BCUT2D eigenvalue weighted by molar-refractivity contribution is 0.941. The number of nitrogens with zero attached hydrogens (tertiary/aromatic N) is 3. The van der Waals surface area contributed by atoms with Crippen molar-refractivity contribution in [1.29, 1.82) is 0 Å². The summed E-state index contributed by atoms with van der Waals surface area (Å²) in [5.41, 5.74) is 2.04. The normalized spacial score (nSPS) is 10.7. The fourth-order valence-electron chi connectivity index (χ4n) is 2.14. The van der Waals surface area contributed by atoms with Crippen molar-refractivity contribution in [2.24, 2.45) is 0 Å². The molecule has 0 spiro atoms. The summed E-state index contributed by atoms with van der Waals surface area (Å²) < 4.78 is 0. The smallest absolute Gasteiger partial charge is 0.153 e. The minimum atomic E-state index is 0.742. The molecule has 0 aliphatic carbocycles. The van der Waals surface area contributed by atoms with Gasteiger partial charge < -0.3 is 5.32 Å². The van der Waals surface area contributed by atoms with Crippen LogP contribution in [0.25, 0.3) is 0 Å². The van der Waals surface area contributed by atoms with Crippen LogP contribution < -0.4 is 5.32 Å². The molecule has 0 amide bonds. The van der Waals surface area contributed by atoms with E-state index < -0.39 is 0 Å². The SMILES string of the molecule is CCc1cc(Nc2cc(C)[nH]n2)nc(CSc2ccccc2)n1. The summed E-state index contributed by atoms with van der Waals surface area (Å²) in [4.78, 5) is 10.4. The summed E-state index contributed by atoms with van der Waals surface area (Å²) in [5, 5.41) is 10.3. The van der Waals surface area contributed by atoms with E-state index in [-0.39, 0.29) is 0 Å². The fourth-order valence-corrected chi connectivity index (χ4v) is 2.91. The molecular formula is C17H19N5S. The van der Waals surface area contributed by atoms with Gasteiger partial charge in [-0.2, -0.15) is 5.10 Å². The summed E-state index contributed by atoms with van der Waals surface area (Å²) >= 11 is 1.74. The van der Waals surface area contributed by atoms with Crippen molar-refractivity contribution < 1.29 is 0 Å². The zero-order valence-corrected chi connectivity index (χ0v) is 14.0. The fraction of sp³-hybridized carbons (Fsp3) is 0.235. The predicted octanol–water partition coefficient (Wildman–Crippen LogP) is 4.11. The average molecular weight is 325 g/mol. The highest BCUT2D eigenvalue weighted by Gasteiger charge is 2.06. The van der Waals surface area contributed by atoms with Crippen molar-refractivity contribution in [2.75, 3.05) is 5.32 Å². The molecule has 2 aromatic heterocycles. The second kappa shape index (κ2) is 7.28. The highest BCUT2D eigenvalue weighted by Crippen LogP contribution is 2.22. The van der Waals surface area contributed by atoms with Crippen LogP contribution in [-0.4, -0.2) is 20.2 Å². The van der Waals surface area contributed by atoms with Gasteiger partial charge in [0, 0.05) is 28.4 Å². The number of H-pyrrole nitrogens is 1. The first-order valence-electron chi connectivity index (χ1n) is 7.56. The van der Waals surface area contributed by atoms with Crippen molar-refractivity contribution in [3.63, 3.8) is 0 Å². The van der Waals surface area contributed by atoms with E-state index >= 15 is 0 Å². The number of thioether (sulfide) groups is 1. The lowest BCUT2D eigenvalue weighted by Crippen LogP contribution is -2.02. The highest BCUT2D eigenvalue weighted by atomic mass is 32.2. The molecule has 6 heteroatoms. The summed E-state index contributed by atoms with van der Waals surface area (Å²) in [6.07, 6.45) is 0.875. The van der Waals surface area contributed by atoms with Gasteiger partial charge in [-0.1, -0.05) is 25.1 Å². The van der Waals surface area contributed by atoms with Gasteiger partial charge in [-0.15, -0.1) is 11.8 Å². The van der Waals surface area contributed by atoms with Crippen LogP contribution in [-0.2, 0) is 12.2 Å². The third-order valence-corrected chi connectivity index (χ3v) is 4.27. The first kappa shape index (κ1) is 15.6. The molecule has 2 N–H and O–H groups in total. The number of nitrogens with one attached hydrogen (secondary N) is 2. The Morgan fingerprint density at radius 2 is 1.91 bits per heavy atom. The second-order valence-electron chi connectivity index (χ2n) is 5.18. The zero-order chi connectivity index (χ0) is 16.1. The van der Waals surface area contributed by atoms with Crippen LogP contribution in [0, 0.1) is 6.92 Å². The van der Waals surface area contributed by atoms with Gasteiger partial charge in [0.2, 0.25) is 0 Å². The number of aromatic nitrogens is 4. The Bertz CT molecular complexity index is 770. The first-order chi connectivity index (χ1) is 11.2. The van der Waals surface area contributed by atoms with E-state index in [0.29, 0.717) is 0 Å². The molecule has 0 atom stereocenters. The number of aromatic amines is 1. The van der Waals surface area contributed by atoms with E-state index in [9.17, 15) is 0 Å². The van der Waals surface area contributed by atoms with E-state index in [1.807, 2.05) is 37.3 Å². The number of hydrogen-bond acceptors (Lipinski definition) is 5. The van der Waals surface area contributed by atoms with Gasteiger partial charge in [-0.3, -0.25) is 5.10 Å². The van der Waals surface area contributed by atoms with Gasteiger partial charge >= 0.3 is 0 Å². The molecule has 2 heterocycles. The molecule has 3 rings (SSSR count). The summed E-state index contributed by atoms with van der Waals surface area (Å²) in [6.45, 7) is 4.07. The third kappa shape index (κ3) is 4.32. The summed E-state index contributed by atoms with van der Waals surface area (Å²) in [7, 11) is 0. The van der Waals surface area contributed by atoms with Gasteiger partial charge in [0.1, 0.15) is 11.6 Å². The standard InChI is InChI=1S/C17H19N5S/c1-3-13-10-15(19-16-9-12(2)21-22-16)20-17(18-13)11-23-14-7-5-4-6-8-14/h4-10H,3,11H2,1-2H3,(H2,18,19,20,21,22). The van der Waals surface area contributed by atoms with Crippen molar-refractivity contribution in [3.05, 3.63) is 59.7 Å². The Hall–Kier alpha value is -2.34. The lowest BCUT2D eigenvalue weighted by Gasteiger charge is -2.08. The Balaban J connectivity index is 1.75.